The van der Waals surface area contributed by atoms with Crippen molar-refractivity contribution >= 4 is 46.3 Å². The van der Waals surface area contributed by atoms with Crippen LogP contribution in [0.1, 0.15) is 0 Å². The van der Waals surface area contributed by atoms with Crippen LogP contribution in [0.25, 0.3) is 10.9 Å². The van der Waals surface area contributed by atoms with Crippen molar-refractivity contribution in [3.8, 4) is 5.88 Å². The Kier molecular flexibility index (Phi) is 3.03. The minimum atomic E-state index is -4.61. The molecule has 86 valence electrons. The summed E-state index contributed by atoms with van der Waals surface area (Å²) >= 11 is 9.19. The molecule has 0 saturated heterocycles. The summed E-state index contributed by atoms with van der Waals surface area (Å²) in [5.41, 5.74) is 0.636. The molecule has 8 heteroatoms. The zero-order valence-electron chi connectivity index (χ0n) is 7.65. The molecule has 2 aromatic rings. The number of phosphoric acid groups is 1. The van der Waals surface area contributed by atoms with Crippen LogP contribution in [0.3, 0.4) is 0 Å². The molecule has 5 nitrogen and oxygen atoms in total. The van der Waals surface area contributed by atoms with Crippen molar-refractivity contribution in [3.05, 3.63) is 27.7 Å². The fraction of sp³-hybridized carbons (Fsp3) is 0. The molecule has 0 aliphatic carbocycles. The van der Waals surface area contributed by atoms with E-state index >= 15 is 0 Å². The number of aromatic amines is 1. The number of hydrogen-bond acceptors (Lipinski definition) is 2. The van der Waals surface area contributed by atoms with Gasteiger partial charge in [-0.3, -0.25) is 9.79 Å². The van der Waals surface area contributed by atoms with Gasteiger partial charge in [0, 0.05) is 15.4 Å². The van der Waals surface area contributed by atoms with Gasteiger partial charge in [-0.25, -0.2) is 4.57 Å². The predicted molar refractivity (Wildman–Crippen MR) is 63.7 cm³/mol. The van der Waals surface area contributed by atoms with E-state index in [1.807, 2.05) is 0 Å². The maximum absolute atomic E-state index is 10.7. The number of fused-ring (bicyclic) bond motifs is 1. The normalized spacial score (nSPS) is 12.0. The average molecular weight is 326 g/mol. The van der Waals surface area contributed by atoms with E-state index in [9.17, 15) is 4.57 Å². The van der Waals surface area contributed by atoms with Crippen molar-refractivity contribution in [1.82, 2.24) is 4.98 Å². The van der Waals surface area contributed by atoms with Gasteiger partial charge in [0.05, 0.1) is 0 Å². The Morgan fingerprint density at radius 1 is 1.44 bits per heavy atom. The summed E-state index contributed by atoms with van der Waals surface area (Å²) in [6.45, 7) is 0. The summed E-state index contributed by atoms with van der Waals surface area (Å²) in [5.74, 6) is -0.136. The van der Waals surface area contributed by atoms with E-state index in [0.717, 1.165) is 4.47 Å². The number of aromatic nitrogens is 1. The Morgan fingerprint density at radius 2 is 2.12 bits per heavy atom. The predicted octanol–water partition coefficient (Wildman–Crippen LogP) is 3.06. The minimum Gasteiger partial charge on any atom is -0.386 e. The maximum atomic E-state index is 10.7. The average Bonchev–Trinajstić information content (AvgIpc) is 2.42. The third-order valence-electron chi connectivity index (χ3n) is 1.88. The first-order chi connectivity index (χ1) is 7.37. The summed E-state index contributed by atoms with van der Waals surface area (Å²) in [5, 5.41) is 0.763. The van der Waals surface area contributed by atoms with E-state index in [1.54, 1.807) is 18.2 Å². The molecule has 1 aromatic carbocycles. The van der Waals surface area contributed by atoms with Crippen LogP contribution in [0.4, 0.5) is 0 Å². The third-order valence-corrected chi connectivity index (χ3v) is 3.16. The molecule has 0 fully saturated rings. The van der Waals surface area contributed by atoms with Gasteiger partial charge in [-0.2, -0.15) is 0 Å². The molecule has 3 N–H and O–H groups in total. The lowest BCUT2D eigenvalue weighted by atomic mass is 10.2. The van der Waals surface area contributed by atoms with Gasteiger partial charge in [-0.1, -0.05) is 27.5 Å². The number of rotatable bonds is 2. The maximum Gasteiger partial charge on any atom is 0.526 e. The van der Waals surface area contributed by atoms with E-state index < -0.39 is 7.82 Å². The quantitative estimate of drug-likeness (QED) is 0.741. The molecule has 16 heavy (non-hydrogen) atoms. The Labute approximate surface area is 104 Å². The molecule has 0 radical (unpaired) electrons. The molecule has 0 aliphatic heterocycles. The van der Waals surface area contributed by atoms with Crippen LogP contribution in [0.2, 0.25) is 5.02 Å². The Balaban J connectivity index is 2.56. The fourth-order valence-corrected chi connectivity index (χ4v) is 2.32. The van der Waals surface area contributed by atoms with Crippen LogP contribution >= 0.6 is 35.4 Å². The largest absolute Gasteiger partial charge is 0.526 e. The lowest BCUT2D eigenvalue weighted by Crippen LogP contribution is -1.90. The van der Waals surface area contributed by atoms with Crippen LogP contribution in [0.15, 0.2) is 22.7 Å². The Bertz CT molecular complexity index is 593. The number of H-pyrrole nitrogens is 1. The molecule has 2 rings (SSSR count). The summed E-state index contributed by atoms with van der Waals surface area (Å²) < 4.78 is 15.9. The van der Waals surface area contributed by atoms with Crippen molar-refractivity contribution in [2.45, 2.75) is 0 Å². The van der Waals surface area contributed by atoms with Crippen LogP contribution in [-0.4, -0.2) is 14.8 Å². The number of benzene rings is 1. The van der Waals surface area contributed by atoms with Crippen LogP contribution in [-0.2, 0) is 4.57 Å². The second-order valence-corrected chi connectivity index (χ2v) is 5.50. The van der Waals surface area contributed by atoms with Crippen LogP contribution in [0, 0.1) is 0 Å². The lowest BCUT2D eigenvalue weighted by Gasteiger charge is -2.03. The van der Waals surface area contributed by atoms with Crippen molar-refractivity contribution in [1.29, 1.82) is 0 Å². The second kappa shape index (κ2) is 4.05. The van der Waals surface area contributed by atoms with E-state index in [4.69, 9.17) is 21.4 Å². The number of hydrogen-bond donors (Lipinski definition) is 3. The molecule has 0 amide bonds. The van der Waals surface area contributed by atoms with Crippen LogP contribution in [0.5, 0.6) is 5.88 Å². The SMILES string of the molecule is O=P(O)(O)Oc1[nH]c2ccc(Br)cc2c1Cl. The molecule has 0 spiro atoms. The molecular weight excluding hydrogens is 320 g/mol. The molecule has 0 saturated carbocycles. The highest BCUT2D eigenvalue weighted by molar-refractivity contribution is 9.10. The lowest BCUT2D eigenvalue weighted by molar-refractivity contribution is 0.280. The summed E-state index contributed by atoms with van der Waals surface area (Å²) in [6.07, 6.45) is 0. The van der Waals surface area contributed by atoms with Gasteiger partial charge in [-0.15, -0.1) is 0 Å². The van der Waals surface area contributed by atoms with Crippen molar-refractivity contribution < 1.29 is 18.9 Å². The highest BCUT2D eigenvalue weighted by atomic mass is 79.9. The number of phosphoric ester groups is 1. The Morgan fingerprint density at radius 3 is 2.75 bits per heavy atom. The molecule has 0 aliphatic rings. The smallest absolute Gasteiger partial charge is 0.386 e. The zero-order valence-corrected chi connectivity index (χ0v) is 10.9. The summed E-state index contributed by atoms with van der Waals surface area (Å²) in [7, 11) is -4.61. The standard InChI is InChI=1S/C8H6BrClNO4P/c9-4-1-2-6-5(3-4)7(10)8(11-6)15-16(12,13)14/h1-3,11H,(H2,12,13,14). The molecule has 1 aromatic heterocycles. The highest BCUT2D eigenvalue weighted by Crippen LogP contribution is 2.43. The van der Waals surface area contributed by atoms with E-state index in [2.05, 4.69) is 25.4 Å². The van der Waals surface area contributed by atoms with E-state index in [1.165, 1.54) is 0 Å². The fourth-order valence-electron chi connectivity index (χ4n) is 1.29. The first-order valence-electron chi connectivity index (χ1n) is 4.09. The second-order valence-electron chi connectivity index (χ2n) is 3.04. The zero-order chi connectivity index (χ0) is 11.9. The van der Waals surface area contributed by atoms with Crippen molar-refractivity contribution in [2.24, 2.45) is 0 Å². The molecule has 0 unspecified atom stereocenters. The third kappa shape index (κ3) is 2.42. The van der Waals surface area contributed by atoms with Crippen molar-refractivity contribution in [3.63, 3.8) is 0 Å². The van der Waals surface area contributed by atoms with Gasteiger partial charge in [0.2, 0.25) is 5.88 Å². The van der Waals surface area contributed by atoms with Gasteiger partial charge in [0.1, 0.15) is 5.02 Å². The summed E-state index contributed by atoms with van der Waals surface area (Å²) in [4.78, 5) is 20.0. The van der Waals surface area contributed by atoms with Gasteiger partial charge in [0.15, 0.2) is 0 Å². The van der Waals surface area contributed by atoms with Gasteiger partial charge in [0.25, 0.3) is 0 Å². The van der Waals surface area contributed by atoms with Gasteiger partial charge >= 0.3 is 7.82 Å². The monoisotopic (exact) mass is 325 g/mol. The van der Waals surface area contributed by atoms with Gasteiger partial charge < -0.3 is 9.51 Å². The number of nitrogens with one attached hydrogen (secondary N) is 1. The Hall–Kier alpha value is -0.520. The van der Waals surface area contributed by atoms with E-state index in [0.29, 0.717) is 10.9 Å². The number of halogens is 2. The van der Waals surface area contributed by atoms with E-state index in [-0.39, 0.29) is 10.9 Å². The van der Waals surface area contributed by atoms with Gasteiger partial charge in [-0.05, 0) is 18.2 Å². The summed E-state index contributed by atoms with van der Waals surface area (Å²) in [6, 6.07) is 5.22. The highest BCUT2D eigenvalue weighted by Gasteiger charge is 2.21. The van der Waals surface area contributed by atoms with Crippen LogP contribution < -0.4 is 4.52 Å². The molecule has 0 atom stereocenters. The first kappa shape index (κ1) is 12.0. The van der Waals surface area contributed by atoms with Crippen molar-refractivity contribution in [2.75, 3.05) is 0 Å². The molecular formula is C8H6BrClNO4P. The molecule has 0 bridgehead atoms. The minimum absolute atomic E-state index is 0.136. The topological polar surface area (TPSA) is 82.6 Å². The first-order valence-corrected chi connectivity index (χ1v) is 6.79. The molecule has 1 heterocycles.